The van der Waals surface area contributed by atoms with E-state index in [2.05, 4.69) is 18.9 Å². The van der Waals surface area contributed by atoms with Crippen LogP contribution in [0.2, 0.25) is 0 Å². The van der Waals surface area contributed by atoms with E-state index < -0.39 is 0 Å². The highest BCUT2D eigenvalue weighted by molar-refractivity contribution is 7.12. The summed E-state index contributed by atoms with van der Waals surface area (Å²) in [5.41, 5.74) is 0. The van der Waals surface area contributed by atoms with Crippen LogP contribution in [0.5, 0.6) is 0 Å². The molecule has 0 unspecified atom stereocenters. The maximum absolute atomic E-state index is 5.25. The first kappa shape index (κ1) is 8.36. The fraction of sp³-hybridized carbons (Fsp3) is 0.400. The second-order valence-corrected chi connectivity index (χ2v) is 3.68. The van der Waals surface area contributed by atoms with Crippen LogP contribution in [-0.4, -0.2) is 0 Å². The fourth-order valence-electron chi connectivity index (χ4n) is 0.941. The van der Waals surface area contributed by atoms with Gasteiger partial charge in [-0.15, -0.1) is 17.8 Å². The zero-order valence-electron chi connectivity index (χ0n) is 6.76. The Labute approximate surface area is 72.3 Å². The summed E-state index contributed by atoms with van der Waals surface area (Å²) in [5.74, 6) is 2.64. The first-order valence-corrected chi connectivity index (χ1v) is 4.73. The molecule has 1 aromatic rings. The Morgan fingerprint density at radius 2 is 2.36 bits per heavy atom. The van der Waals surface area contributed by atoms with Crippen LogP contribution in [0.4, 0.5) is 0 Å². The van der Waals surface area contributed by atoms with E-state index in [0.29, 0.717) is 0 Å². The molecule has 1 heterocycles. The Kier molecular flexibility index (Phi) is 3.19. The SMILES string of the molecule is C#Cc1ccc(CCCC)s1. The largest absolute Gasteiger partial charge is 0.132 e. The molecule has 0 aromatic carbocycles. The minimum atomic E-state index is 1.05. The maximum atomic E-state index is 5.25. The van der Waals surface area contributed by atoms with Gasteiger partial charge in [0.25, 0.3) is 0 Å². The van der Waals surface area contributed by atoms with E-state index in [9.17, 15) is 0 Å². The summed E-state index contributed by atoms with van der Waals surface area (Å²) in [6.45, 7) is 2.20. The van der Waals surface area contributed by atoms with E-state index in [1.54, 1.807) is 11.3 Å². The van der Waals surface area contributed by atoms with Crippen molar-refractivity contribution in [2.24, 2.45) is 0 Å². The van der Waals surface area contributed by atoms with Gasteiger partial charge in [0.05, 0.1) is 4.88 Å². The highest BCUT2D eigenvalue weighted by atomic mass is 32.1. The molecule has 0 N–H and O–H groups in total. The number of unbranched alkanes of at least 4 members (excludes halogenated alkanes) is 1. The van der Waals surface area contributed by atoms with Gasteiger partial charge in [-0.05, 0) is 25.0 Å². The molecule has 1 heteroatoms. The summed E-state index contributed by atoms with van der Waals surface area (Å²) in [7, 11) is 0. The molecule has 58 valence electrons. The molecule has 0 amide bonds. The zero-order valence-corrected chi connectivity index (χ0v) is 7.58. The van der Waals surface area contributed by atoms with E-state index in [4.69, 9.17) is 6.42 Å². The second kappa shape index (κ2) is 4.20. The Balaban J connectivity index is 2.53. The summed E-state index contributed by atoms with van der Waals surface area (Å²) >= 11 is 1.74. The molecule has 0 radical (unpaired) electrons. The number of hydrogen-bond acceptors (Lipinski definition) is 1. The van der Waals surface area contributed by atoms with Crippen molar-refractivity contribution in [2.45, 2.75) is 26.2 Å². The highest BCUT2D eigenvalue weighted by Gasteiger charge is 1.95. The summed E-state index contributed by atoms with van der Waals surface area (Å²) in [5, 5.41) is 0. The summed E-state index contributed by atoms with van der Waals surface area (Å²) in [6.07, 6.45) is 8.96. The maximum Gasteiger partial charge on any atom is 0.0768 e. The van der Waals surface area contributed by atoms with Gasteiger partial charge in [0.2, 0.25) is 0 Å². The Morgan fingerprint density at radius 3 is 2.91 bits per heavy atom. The van der Waals surface area contributed by atoms with Gasteiger partial charge in [0, 0.05) is 4.88 Å². The van der Waals surface area contributed by atoms with Crippen molar-refractivity contribution in [2.75, 3.05) is 0 Å². The molecule has 0 saturated heterocycles. The molecular formula is C10H12S. The van der Waals surface area contributed by atoms with Gasteiger partial charge in [-0.25, -0.2) is 0 Å². The molecule has 0 saturated carbocycles. The molecule has 0 atom stereocenters. The molecule has 1 rings (SSSR count). The first-order valence-electron chi connectivity index (χ1n) is 3.92. The lowest BCUT2D eigenvalue weighted by molar-refractivity contribution is 0.804. The van der Waals surface area contributed by atoms with E-state index in [0.717, 1.165) is 4.88 Å². The van der Waals surface area contributed by atoms with Gasteiger partial charge in [-0.1, -0.05) is 19.3 Å². The highest BCUT2D eigenvalue weighted by Crippen LogP contribution is 2.17. The number of rotatable bonds is 3. The average molecular weight is 164 g/mol. The lowest BCUT2D eigenvalue weighted by Gasteiger charge is -1.90. The predicted molar refractivity (Wildman–Crippen MR) is 50.9 cm³/mol. The molecule has 0 aliphatic rings. The first-order chi connectivity index (χ1) is 5.36. The monoisotopic (exact) mass is 164 g/mol. The molecular weight excluding hydrogens is 152 g/mol. The predicted octanol–water partition coefficient (Wildman–Crippen LogP) is 3.07. The molecule has 0 fully saturated rings. The van der Waals surface area contributed by atoms with E-state index >= 15 is 0 Å². The van der Waals surface area contributed by atoms with Gasteiger partial charge in [-0.3, -0.25) is 0 Å². The van der Waals surface area contributed by atoms with Crippen LogP contribution in [0.3, 0.4) is 0 Å². The van der Waals surface area contributed by atoms with Crippen molar-refractivity contribution >= 4 is 11.3 Å². The summed E-state index contributed by atoms with van der Waals surface area (Å²) in [6, 6.07) is 4.16. The minimum Gasteiger partial charge on any atom is -0.132 e. The van der Waals surface area contributed by atoms with Crippen LogP contribution in [-0.2, 0) is 6.42 Å². The van der Waals surface area contributed by atoms with Crippen LogP contribution in [0.15, 0.2) is 12.1 Å². The van der Waals surface area contributed by atoms with Crippen molar-refractivity contribution in [3.8, 4) is 12.3 Å². The average Bonchev–Trinajstić information content (AvgIpc) is 2.48. The lowest BCUT2D eigenvalue weighted by atomic mass is 10.2. The van der Waals surface area contributed by atoms with Gasteiger partial charge < -0.3 is 0 Å². The number of aryl methyl sites for hydroxylation is 1. The van der Waals surface area contributed by atoms with Gasteiger partial charge in [0.1, 0.15) is 0 Å². The minimum absolute atomic E-state index is 1.05. The molecule has 1 aromatic heterocycles. The van der Waals surface area contributed by atoms with Gasteiger partial charge in [0.15, 0.2) is 0 Å². The van der Waals surface area contributed by atoms with Crippen molar-refractivity contribution in [3.63, 3.8) is 0 Å². The number of thiophene rings is 1. The lowest BCUT2D eigenvalue weighted by Crippen LogP contribution is -1.76. The van der Waals surface area contributed by atoms with Crippen LogP contribution < -0.4 is 0 Å². The third-order valence-corrected chi connectivity index (χ3v) is 2.66. The van der Waals surface area contributed by atoms with Crippen LogP contribution >= 0.6 is 11.3 Å². The third-order valence-electron chi connectivity index (χ3n) is 1.58. The fourth-order valence-corrected chi connectivity index (χ4v) is 1.80. The smallest absolute Gasteiger partial charge is 0.0768 e. The summed E-state index contributed by atoms with van der Waals surface area (Å²) < 4.78 is 0. The third kappa shape index (κ3) is 2.40. The van der Waals surface area contributed by atoms with Crippen LogP contribution in [0.1, 0.15) is 29.5 Å². The van der Waals surface area contributed by atoms with Crippen LogP contribution in [0, 0.1) is 12.3 Å². The summed E-state index contributed by atoms with van der Waals surface area (Å²) in [4.78, 5) is 2.47. The Morgan fingerprint density at radius 1 is 1.55 bits per heavy atom. The van der Waals surface area contributed by atoms with Crippen molar-refractivity contribution < 1.29 is 0 Å². The van der Waals surface area contributed by atoms with Gasteiger partial charge in [-0.2, -0.15) is 0 Å². The van der Waals surface area contributed by atoms with Crippen molar-refractivity contribution in [1.29, 1.82) is 0 Å². The molecule has 0 aliphatic carbocycles. The van der Waals surface area contributed by atoms with Crippen molar-refractivity contribution in [1.82, 2.24) is 0 Å². The molecule has 11 heavy (non-hydrogen) atoms. The number of hydrogen-bond donors (Lipinski definition) is 0. The molecule has 0 bridgehead atoms. The molecule has 0 aliphatic heterocycles. The zero-order chi connectivity index (χ0) is 8.10. The Hall–Kier alpha value is -0.740. The van der Waals surface area contributed by atoms with Gasteiger partial charge >= 0.3 is 0 Å². The topological polar surface area (TPSA) is 0 Å². The number of terminal acetylenes is 1. The standard InChI is InChI=1S/C10H12S/c1-3-5-6-10-8-7-9(4-2)11-10/h2,7-8H,3,5-6H2,1H3. The normalized spacial score (nSPS) is 9.45. The Bertz CT molecular complexity index is 252. The molecule has 0 nitrogen and oxygen atoms in total. The quantitative estimate of drug-likeness (QED) is 0.602. The second-order valence-electron chi connectivity index (χ2n) is 2.51. The van der Waals surface area contributed by atoms with Crippen molar-refractivity contribution in [3.05, 3.63) is 21.9 Å². The van der Waals surface area contributed by atoms with E-state index in [1.165, 1.54) is 24.1 Å². The van der Waals surface area contributed by atoms with E-state index in [-0.39, 0.29) is 0 Å². The molecule has 0 spiro atoms. The van der Waals surface area contributed by atoms with Crippen LogP contribution in [0.25, 0.3) is 0 Å². The van der Waals surface area contributed by atoms with E-state index in [1.807, 2.05) is 6.07 Å².